The summed E-state index contributed by atoms with van der Waals surface area (Å²) in [4.78, 5) is 25.7. The predicted octanol–water partition coefficient (Wildman–Crippen LogP) is 4.26. The van der Waals surface area contributed by atoms with Crippen molar-refractivity contribution in [2.24, 2.45) is 0 Å². The minimum atomic E-state index is -0.867. The third-order valence-corrected chi connectivity index (χ3v) is 5.01. The number of nitrogens with zero attached hydrogens (tertiary/aromatic N) is 1. The second-order valence-corrected chi connectivity index (χ2v) is 7.08. The SMILES string of the molecule is CCC(c1cccc(OC)c1)N(C)C(=O)NC(CCC(=O)O)Cc1ccccc1. The van der Waals surface area contributed by atoms with Gasteiger partial charge in [0.25, 0.3) is 0 Å². The number of rotatable bonds is 10. The number of hydrogen-bond donors (Lipinski definition) is 2. The van der Waals surface area contributed by atoms with E-state index in [1.54, 1.807) is 19.1 Å². The molecule has 0 spiro atoms. The Kier molecular flexibility index (Phi) is 8.52. The number of amides is 2. The Bertz CT molecular complexity index is 794. The summed E-state index contributed by atoms with van der Waals surface area (Å²) in [5.74, 6) is -0.119. The monoisotopic (exact) mass is 398 g/mol. The molecular formula is C23H30N2O4. The molecule has 2 amide bonds. The summed E-state index contributed by atoms with van der Waals surface area (Å²) in [5.41, 5.74) is 2.06. The zero-order valence-electron chi connectivity index (χ0n) is 17.3. The highest BCUT2D eigenvalue weighted by atomic mass is 16.5. The normalized spacial score (nSPS) is 12.7. The highest BCUT2D eigenvalue weighted by Gasteiger charge is 2.23. The standard InChI is InChI=1S/C23H30N2O4/c1-4-21(18-11-8-12-20(16-18)29-3)25(2)23(28)24-19(13-14-22(26)27)15-17-9-6-5-7-10-17/h5-12,16,19,21H,4,13-15H2,1-3H3,(H,24,28)(H,26,27). The molecule has 2 N–H and O–H groups in total. The first-order chi connectivity index (χ1) is 13.9. The fraction of sp³-hybridized carbons (Fsp3) is 0.391. The van der Waals surface area contributed by atoms with Crippen LogP contribution < -0.4 is 10.1 Å². The molecule has 6 heteroatoms. The van der Waals surface area contributed by atoms with Gasteiger partial charge >= 0.3 is 12.0 Å². The zero-order chi connectivity index (χ0) is 21.2. The number of urea groups is 1. The van der Waals surface area contributed by atoms with E-state index in [4.69, 9.17) is 9.84 Å². The summed E-state index contributed by atoms with van der Waals surface area (Å²) in [6.45, 7) is 2.03. The van der Waals surface area contributed by atoms with E-state index in [1.807, 2.05) is 61.5 Å². The molecule has 0 aliphatic carbocycles. The van der Waals surface area contributed by atoms with Gasteiger partial charge in [-0.3, -0.25) is 4.79 Å². The number of carbonyl (C=O) groups is 2. The van der Waals surface area contributed by atoms with Crippen molar-refractivity contribution in [1.82, 2.24) is 10.2 Å². The number of carboxylic acids is 1. The maximum atomic E-state index is 13.0. The molecule has 2 rings (SSSR count). The van der Waals surface area contributed by atoms with Crippen molar-refractivity contribution in [3.05, 3.63) is 65.7 Å². The topological polar surface area (TPSA) is 78.9 Å². The van der Waals surface area contributed by atoms with Crippen LogP contribution in [0.3, 0.4) is 0 Å². The minimum Gasteiger partial charge on any atom is -0.497 e. The van der Waals surface area contributed by atoms with Gasteiger partial charge < -0.3 is 20.1 Å². The van der Waals surface area contributed by atoms with E-state index in [1.165, 1.54) is 0 Å². The van der Waals surface area contributed by atoms with E-state index in [0.717, 1.165) is 23.3 Å². The maximum absolute atomic E-state index is 13.0. The first kappa shape index (κ1) is 22.3. The average Bonchev–Trinajstić information content (AvgIpc) is 2.73. The van der Waals surface area contributed by atoms with Gasteiger partial charge in [-0.15, -0.1) is 0 Å². The molecule has 6 nitrogen and oxygen atoms in total. The van der Waals surface area contributed by atoms with Crippen LogP contribution in [0.25, 0.3) is 0 Å². The molecule has 0 heterocycles. The molecule has 0 bridgehead atoms. The van der Waals surface area contributed by atoms with Crippen molar-refractivity contribution in [1.29, 1.82) is 0 Å². The van der Waals surface area contributed by atoms with Gasteiger partial charge in [0.05, 0.1) is 13.2 Å². The molecule has 0 saturated heterocycles. The van der Waals surface area contributed by atoms with Crippen LogP contribution >= 0.6 is 0 Å². The summed E-state index contributed by atoms with van der Waals surface area (Å²) in [7, 11) is 3.38. The Morgan fingerprint density at radius 3 is 2.48 bits per heavy atom. The van der Waals surface area contributed by atoms with Crippen LogP contribution in [-0.2, 0) is 11.2 Å². The maximum Gasteiger partial charge on any atom is 0.317 e. The number of hydrogen-bond acceptors (Lipinski definition) is 3. The molecule has 0 radical (unpaired) electrons. The van der Waals surface area contributed by atoms with Gasteiger partial charge in [0, 0.05) is 19.5 Å². The van der Waals surface area contributed by atoms with Crippen LogP contribution in [0.4, 0.5) is 4.79 Å². The molecule has 0 saturated carbocycles. The summed E-state index contributed by atoms with van der Waals surface area (Å²) < 4.78 is 5.30. The van der Waals surface area contributed by atoms with E-state index >= 15 is 0 Å². The summed E-state index contributed by atoms with van der Waals surface area (Å²) >= 11 is 0. The van der Waals surface area contributed by atoms with E-state index in [0.29, 0.717) is 12.8 Å². The summed E-state index contributed by atoms with van der Waals surface area (Å²) in [6, 6.07) is 16.9. The van der Waals surface area contributed by atoms with E-state index in [-0.39, 0.29) is 24.5 Å². The Hall–Kier alpha value is -3.02. The number of carboxylic acid groups (broad SMARTS) is 1. The van der Waals surface area contributed by atoms with Gasteiger partial charge in [0.2, 0.25) is 0 Å². The van der Waals surface area contributed by atoms with Crippen molar-refractivity contribution in [3.63, 3.8) is 0 Å². The Balaban J connectivity index is 2.11. The highest BCUT2D eigenvalue weighted by molar-refractivity contribution is 5.75. The van der Waals surface area contributed by atoms with Crippen molar-refractivity contribution < 1.29 is 19.4 Å². The Morgan fingerprint density at radius 2 is 1.86 bits per heavy atom. The third-order valence-electron chi connectivity index (χ3n) is 5.01. The van der Waals surface area contributed by atoms with Crippen molar-refractivity contribution >= 4 is 12.0 Å². The number of carbonyl (C=O) groups excluding carboxylic acids is 1. The third kappa shape index (κ3) is 6.82. The molecule has 156 valence electrons. The molecule has 2 aromatic carbocycles. The zero-order valence-corrected chi connectivity index (χ0v) is 17.3. The molecule has 0 aromatic heterocycles. The van der Waals surface area contributed by atoms with Gasteiger partial charge in [-0.2, -0.15) is 0 Å². The van der Waals surface area contributed by atoms with Crippen molar-refractivity contribution in [2.75, 3.05) is 14.2 Å². The van der Waals surface area contributed by atoms with Gasteiger partial charge in [-0.05, 0) is 42.5 Å². The van der Waals surface area contributed by atoms with Crippen molar-refractivity contribution in [3.8, 4) is 5.75 Å². The van der Waals surface area contributed by atoms with E-state index < -0.39 is 5.97 Å². The molecule has 2 aromatic rings. The number of nitrogens with one attached hydrogen (secondary N) is 1. The molecule has 2 atom stereocenters. The van der Waals surface area contributed by atoms with Crippen LogP contribution in [0.2, 0.25) is 0 Å². The first-order valence-electron chi connectivity index (χ1n) is 9.87. The van der Waals surface area contributed by atoms with Crippen LogP contribution in [-0.4, -0.2) is 42.2 Å². The predicted molar refractivity (Wildman–Crippen MR) is 113 cm³/mol. The lowest BCUT2D eigenvalue weighted by molar-refractivity contribution is -0.137. The van der Waals surface area contributed by atoms with Gasteiger partial charge in [0.1, 0.15) is 5.75 Å². The molecular weight excluding hydrogens is 368 g/mol. The van der Waals surface area contributed by atoms with E-state index in [9.17, 15) is 9.59 Å². The molecule has 29 heavy (non-hydrogen) atoms. The van der Waals surface area contributed by atoms with Gasteiger partial charge in [0.15, 0.2) is 0 Å². The van der Waals surface area contributed by atoms with Gasteiger partial charge in [-0.25, -0.2) is 4.79 Å². The lowest BCUT2D eigenvalue weighted by atomic mass is 10.0. The van der Waals surface area contributed by atoms with Crippen molar-refractivity contribution in [2.45, 2.75) is 44.7 Å². The fourth-order valence-electron chi connectivity index (χ4n) is 3.42. The first-order valence-corrected chi connectivity index (χ1v) is 9.87. The number of ether oxygens (including phenoxy) is 1. The molecule has 0 aliphatic heterocycles. The minimum absolute atomic E-state index is 0.00852. The van der Waals surface area contributed by atoms with Crippen LogP contribution in [0, 0.1) is 0 Å². The fourth-order valence-corrected chi connectivity index (χ4v) is 3.42. The van der Waals surface area contributed by atoms with Crippen LogP contribution in [0.1, 0.15) is 43.4 Å². The number of aliphatic carboxylic acids is 1. The Morgan fingerprint density at radius 1 is 1.14 bits per heavy atom. The average molecular weight is 399 g/mol. The smallest absolute Gasteiger partial charge is 0.317 e. The second kappa shape index (κ2) is 11.1. The largest absolute Gasteiger partial charge is 0.497 e. The number of methoxy groups -OCH3 is 1. The molecule has 0 fully saturated rings. The quantitative estimate of drug-likeness (QED) is 0.627. The lowest BCUT2D eigenvalue weighted by Crippen LogP contribution is -2.45. The van der Waals surface area contributed by atoms with Crippen LogP contribution in [0.5, 0.6) is 5.75 Å². The summed E-state index contributed by atoms with van der Waals surface area (Å²) in [5, 5.41) is 12.1. The summed E-state index contributed by atoms with van der Waals surface area (Å²) in [6.07, 6.45) is 1.72. The van der Waals surface area contributed by atoms with E-state index in [2.05, 4.69) is 5.32 Å². The Labute approximate surface area is 172 Å². The van der Waals surface area contributed by atoms with Crippen LogP contribution in [0.15, 0.2) is 54.6 Å². The molecule has 2 unspecified atom stereocenters. The lowest BCUT2D eigenvalue weighted by Gasteiger charge is -2.30. The molecule has 0 aliphatic rings. The number of benzene rings is 2. The van der Waals surface area contributed by atoms with Gasteiger partial charge in [-0.1, -0.05) is 49.4 Å². The highest BCUT2D eigenvalue weighted by Crippen LogP contribution is 2.26. The second-order valence-electron chi connectivity index (χ2n) is 7.08.